The molecule has 3 aromatic rings. The number of rotatable bonds is 12. The summed E-state index contributed by atoms with van der Waals surface area (Å²) < 4.78 is 53.5. The molecule has 3 rings (SSSR count). The molecule has 1 aromatic carbocycles. The number of benzene rings is 1. The van der Waals surface area contributed by atoms with Crippen molar-refractivity contribution in [3.05, 3.63) is 76.6 Å². The number of carbonyl (C=O) groups excluding carboxylic acids is 1. The summed E-state index contributed by atoms with van der Waals surface area (Å²) in [5.41, 5.74) is 0.870. The van der Waals surface area contributed by atoms with Crippen molar-refractivity contribution < 1.29 is 42.5 Å². The summed E-state index contributed by atoms with van der Waals surface area (Å²) in [4.78, 5) is 27.8. The number of carboxylic acids is 1. The van der Waals surface area contributed by atoms with E-state index in [1.165, 1.54) is 28.9 Å². The minimum Gasteiger partial charge on any atom is -0.481 e. The van der Waals surface area contributed by atoms with Crippen LogP contribution in [0, 0.1) is 5.82 Å². The van der Waals surface area contributed by atoms with Gasteiger partial charge in [0.2, 0.25) is 0 Å². The molecule has 0 aliphatic carbocycles. The Morgan fingerprint density at radius 1 is 1.05 bits per heavy atom. The van der Waals surface area contributed by atoms with Crippen molar-refractivity contribution in [1.29, 1.82) is 0 Å². The number of hydrogen-bond donors (Lipinski definition) is 4. The van der Waals surface area contributed by atoms with Crippen molar-refractivity contribution in [2.75, 3.05) is 0 Å². The molecule has 41 heavy (non-hydrogen) atoms. The molecule has 4 N–H and O–H groups in total. The Hall–Kier alpha value is -2.84. The number of nitrogens with one attached hydrogen (secondary N) is 1. The molecule has 9 nitrogen and oxygen atoms in total. The standard InChI is InChI=1S/C27H30F4N4O5.Na/c1-15(2)24-22(10-9-20(36)11-21(37)12-23(38)39)35(19-7-4-17(28)5-8-19)34-25(24)26(40)33-14-18-6-3-16(13-32-18)27(29,30)31;/h3-8,13,15,20-21,36-37H,9-12,14H2,1-2H3,(H,33,40)(H,38,39);/t20-,21-;/m1./s1. The average molecular weight is 590 g/mol. The predicted octanol–water partition coefficient (Wildman–Crippen LogP) is 3.62. The third-order valence-electron chi connectivity index (χ3n) is 6.14. The topological polar surface area (TPSA) is 138 Å². The summed E-state index contributed by atoms with van der Waals surface area (Å²) in [7, 11) is 0. The molecule has 0 aliphatic rings. The molecule has 0 spiro atoms. The fraction of sp³-hybridized carbons (Fsp3) is 0.407. The van der Waals surface area contributed by atoms with Crippen LogP contribution in [0.5, 0.6) is 0 Å². The Labute approximate surface area is 255 Å². The van der Waals surface area contributed by atoms with Gasteiger partial charge in [0.05, 0.1) is 42.1 Å². The zero-order valence-electron chi connectivity index (χ0n) is 22.8. The second-order valence-electron chi connectivity index (χ2n) is 9.65. The molecule has 2 aromatic heterocycles. The first-order valence-electron chi connectivity index (χ1n) is 12.5. The van der Waals surface area contributed by atoms with Gasteiger partial charge < -0.3 is 20.6 Å². The van der Waals surface area contributed by atoms with Gasteiger partial charge in [0.1, 0.15) is 5.82 Å². The normalized spacial score (nSPS) is 13.0. The van der Waals surface area contributed by atoms with E-state index in [4.69, 9.17) is 5.11 Å². The predicted molar refractivity (Wildman–Crippen MR) is 141 cm³/mol. The molecule has 2 atom stereocenters. The van der Waals surface area contributed by atoms with Crippen LogP contribution in [0.4, 0.5) is 17.6 Å². The van der Waals surface area contributed by atoms with Crippen molar-refractivity contribution in [2.45, 2.75) is 70.4 Å². The van der Waals surface area contributed by atoms with E-state index in [2.05, 4.69) is 15.4 Å². The summed E-state index contributed by atoms with van der Waals surface area (Å²) in [6, 6.07) is 7.42. The number of aliphatic hydroxyl groups is 2. The Morgan fingerprint density at radius 2 is 1.71 bits per heavy atom. The van der Waals surface area contributed by atoms with Crippen LogP contribution in [0.1, 0.15) is 72.0 Å². The summed E-state index contributed by atoms with van der Waals surface area (Å²) in [5.74, 6) is -2.52. The maximum Gasteiger partial charge on any atom is 0.417 e. The van der Waals surface area contributed by atoms with Gasteiger partial charge in [0.15, 0.2) is 5.69 Å². The Balaban J connectivity index is 0.00000588. The number of alkyl halides is 3. The fourth-order valence-electron chi connectivity index (χ4n) is 4.25. The van der Waals surface area contributed by atoms with Crippen molar-refractivity contribution in [3.63, 3.8) is 0 Å². The van der Waals surface area contributed by atoms with E-state index >= 15 is 0 Å². The summed E-state index contributed by atoms with van der Waals surface area (Å²) in [6.07, 6.45) is -6.52. The van der Waals surface area contributed by atoms with Crippen LogP contribution in [-0.2, 0) is 23.9 Å². The Bertz CT molecular complexity index is 1310. The van der Waals surface area contributed by atoms with Crippen LogP contribution in [-0.4, -0.2) is 83.7 Å². The number of aliphatic carboxylic acids is 1. The van der Waals surface area contributed by atoms with Gasteiger partial charge in [-0.1, -0.05) is 13.8 Å². The number of halogens is 4. The van der Waals surface area contributed by atoms with E-state index < -0.39 is 48.1 Å². The van der Waals surface area contributed by atoms with Crippen molar-refractivity contribution in [1.82, 2.24) is 20.1 Å². The zero-order chi connectivity index (χ0) is 29.6. The van der Waals surface area contributed by atoms with Crippen molar-refractivity contribution >= 4 is 41.4 Å². The molecule has 0 saturated carbocycles. The van der Waals surface area contributed by atoms with Crippen LogP contribution in [0.3, 0.4) is 0 Å². The van der Waals surface area contributed by atoms with E-state index in [0.29, 0.717) is 23.1 Å². The molecule has 1 amide bonds. The van der Waals surface area contributed by atoms with Crippen LogP contribution >= 0.6 is 0 Å². The molecular formula is C27H30F4N4NaO5. The summed E-state index contributed by atoms with van der Waals surface area (Å²) in [6.45, 7) is 3.50. The van der Waals surface area contributed by atoms with E-state index in [1.807, 2.05) is 13.8 Å². The molecule has 0 saturated heterocycles. The van der Waals surface area contributed by atoms with Crippen LogP contribution in [0.15, 0.2) is 42.6 Å². The first-order chi connectivity index (χ1) is 18.8. The van der Waals surface area contributed by atoms with Crippen LogP contribution in [0.2, 0.25) is 0 Å². The van der Waals surface area contributed by atoms with Gasteiger partial charge in [-0.3, -0.25) is 14.6 Å². The summed E-state index contributed by atoms with van der Waals surface area (Å²) >= 11 is 0. The third kappa shape index (κ3) is 9.60. The van der Waals surface area contributed by atoms with Gasteiger partial charge in [-0.2, -0.15) is 18.3 Å². The van der Waals surface area contributed by atoms with E-state index in [1.54, 1.807) is 0 Å². The smallest absolute Gasteiger partial charge is 0.417 e. The number of carbonyl (C=O) groups is 2. The number of aromatic nitrogens is 3. The van der Waals surface area contributed by atoms with E-state index in [9.17, 15) is 37.4 Å². The van der Waals surface area contributed by atoms with Crippen molar-refractivity contribution in [2.24, 2.45) is 0 Å². The first kappa shape index (κ1) is 34.4. The fourth-order valence-corrected chi connectivity index (χ4v) is 4.25. The minimum atomic E-state index is -4.54. The number of aliphatic hydroxyl groups excluding tert-OH is 2. The summed E-state index contributed by atoms with van der Waals surface area (Å²) in [5, 5.41) is 36.2. The molecule has 14 heteroatoms. The largest absolute Gasteiger partial charge is 0.481 e. The molecule has 0 unspecified atom stereocenters. The van der Waals surface area contributed by atoms with E-state index in [-0.39, 0.29) is 72.7 Å². The molecule has 1 radical (unpaired) electrons. The molecule has 0 aliphatic heterocycles. The molecule has 217 valence electrons. The minimum absolute atomic E-state index is 0. The second-order valence-corrected chi connectivity index (χ2v) is 9.65. The average Bonchev–Trinajstić information content (AvgIpc) is 3.25. The molecule has 2 heterocycles. The SMILES string of the molecule is CC(C)c1c(C(=O)NCc2ccc(C(F)(F)F)cn2)nn(-c2ccc(F)cc2)c1CC[C@@H](O)C[C@@H](O)CC(=O)O.[Na]. The van der Waals surface area contributed by atoms with Crippen molar-refractivity contribution in [3.8, 4) is 5.69 Å². The Morgan fingerprint density at radius 3 is 2.24 bits per heavy atom. The molecule has 0 bridgehead atoms. The molecular weight excluding hydrogens is 559 g/mol. The van der Waals surface area contributed by atoms with Gasteiger partial charge in [-0.05, 0) is 61.6 Å². The maximum absolute atomic E-state index is 13.6. The second kappa shape index (κ2) is 14.9. The first-order valence-corrected chi connectivity index (χ1v) is 12.5. The molecule has 0 fully saturated rings. The third-order valence-corrected chi connectivity index (χ3v) is 6.14. The zero-order valence-corrected chi connectivity index (χ0v) is 24.8. The number of pyridine rings is 1. The van der Waals surface area contributed by atoms with Gasteiger partial charge in [-0.15, -0.1) is 0 Å². The van der Waals surface area contributed by atoms with E-state index in [0.717, 1.165) is 12.1 Å². The number of amides is 1. The quantitative estimate of drug-likeness (QED) is 0.187. The van der Waals surface area contributed by atoms with Gasteiger partial charge >= 0.3 is 12.1 Å². The number of hydrogen-bond acceptors (Lipinski definition) is 6. The maximum atomic E-state index is 13.6. The van der Waals surface area contributed by atoms with Crippen LogP contribution < -0.4 is 5.32 Å². The van der Waals surface area contributed by atoms with Gasteiger partial charge in [-0.25, -0.2) is 9.07 Å². The Kier molecular flexibility index (Phi) is 12.5. The van der Waals surface area contributed by atoms with Gasteiger partial charge in [0, 0.05) is 47.0 Å². The van der Waals surface area contributed by atoms with Gasteiger partial charge in [0.25, 0.3) is 5.91 Å². The number of carboxylic acid groups (broad SMARTS) is 1. The monoisotopic (exact) mass is 589 g/mol. The van der Waals surface area contributed by atoms with Crippen LogP contribution in [0.25, 0.3) is 5.69 Å². The number of nitrogens with zero attached hydrogens (tertiary/aromatic N) is 3.